The number of aromatic nitrogens is 2. The smallest absolute Gasteiger partial charge is 0.174 e. The fourth-order valence-electron chi connectivity index (χ4n) is 6.32. The van der Waals surface area contributed by atoms with Gasteiger partial charge in [-0.3, -0.25) is 4.98 Å². The van der Waals surface area contributed by atoms with Gasteiger partial charge in [0.2, 0.25) is 0 Å². The molecular weight excluding hydrogens is 500 g/mol. The topological polar surface area (TPSA) is 42.3 Å². The molecule has 2 fully saturated rings. The van der Waals surface area contributed by atoms with Gasteiger partial charge in [0.25, 0.3) is 0 Å². The maximum atomic E-state index is 6.25. The average Bonchev–Trinajstić information content (AvgIpc) is 3.67. The summed E-state index contributed by atoms with van der Waals surface area (Å²) in [6.45, 7) is 6.63. The van der Waals surface area contributed by atoms with Crippen molar-refractivity contribution in [3.05, 3.63) is 107 Å². The highest BCUT2D eigenvalue weighted by atomic mass is 32.1. The molecular formula is C33H36N4OS. The standard InChI is InChI=1S/C33H36N4OS/c1-4-24-11-5-8-15-30(24)36-22(2)21-28(23(36)3)32-31(29-14-9-10-20-34-29)35-33(39)37(32)25-16-18-27(19-17-25)38-26-12-6-7-13-26/h5,8-11,14-21,26,31-32H,4,6-7,12-13H2,1-3H3,(H,35,39)/t31-,32+/m0/s1. The Bertz CT molecular complexity index is 1460. The molecule has 5 nitrogen and oxygen atoms in total. The van der Waals surface area contributed by atoms with Crippen molar-refractivity contribution in [3.8, 4) is 11.4 Å². The minimum atomic E-state index is -0.0801. The van der Waals surface area contributed by atoms with Crippen molar-refractivity contribution in [1.82, 2.24) is 14.9 Å². The maximum Gasteiger partial charge on any atom is 0.174 e. The molecule has 2 atom stereocenters. The molecule has 2 aromatic carbocycles. The van der Waals surface area contributed by atoms with Crippen LogP contribution in [0.2, 0.25) is 0 Å². The summed E-state index contributed by atoms with van der Waals surface area (Å²) < 4.78 is 8.64. The molecule has 1 saturated carbocycles. The molecule has 0 amide bonds. The molecule has 0 unspecified atom stereocenters. The predicted octanol–water partition coefficient (Wildman–Crippen LogP) is 7.55. The third-order valence-electron chi connectivity index (χ3n) is 8.22. The van der Waals surface area contributed by atoms with E-state index in [0.29, 0.717) is 11.2 Å². The zero-order valence-corrected chi connectivity index (χ0v) is 23.7. The van der Waals surface area contributed by atoms with Crippen molar-refractivity contribution in [2.24, 2.45) is 0 Å². The van der Waals surface area contributed by atoms with Crippen LogP contribution in [0.5, 0.6) is 5.75 Å². The summed E-state index contributed by atoms with van der Waals surface area (Å²) >= 11 is 5.99. The van der Waals surface area contributed by atoms with Gasteiger partial charge in [0.1, 0.15) is 5.75 Å². The van der Waals surface area contributed by atoms with Crippen molar-refractivity contribution in [2.45, 2.75) is 71.1 Å². The Morgan fingerprint density at radius 2 is 1.72 bits per heavy atom. The van der Waals surface area contributed by atoms with Crippen LogP contribution in [-0.2, 0) is 6.42 Å². The van der Waals surface area contributed by atoms with Gasteiger partial charge in [-0.1, -0.05) is 31.2 Å². The largest absolute Gasteiger partial charge is 0.490 e. The van der Waals surface area contributed by atoms with E-state index in [1.54, 1.807) is 0 Å². The minimum Gasteiger partial charge on any atom is -0.490 e. The first-order valence-electron chi connectivity index (χ1n) is 14.1. The summed E-state index contributed by atoms with van der Waals surface area (Å²) in [5, 5.41) is 4.32. The second-order valence-corrected chi connectivity index (χ2v) is 11.0. The van der Waals surface area contributed by atoms with E-state index >= 15 is 0 Å². The highest BCUT2D eigenvalue weighted by molar-refractivity contribution is 7.80. The molecule has 0 spiro atoms. The van der Waals surface area contributed by atoms with E-state index in [2.05, 4.69) is 96.2 Å². The van der Waals surface area contributed by atoms with E-state index in [0.717, 1.165) is 36.4 Å². The average molecular weight is 537 g/mol. The molecule has 1 N–H and O–H groups in total. The molecule has 2 aliphatic rings. The van der Waals surface area contributed by atoms with Crippen molar-refractivity contribution in [2.75, 3.05) is 4.90 Å². The second-order valence-electron chi connectivity index (χ2n) is 10.7. The number of aryl methyl sites for hydroxylation is 2. The van der Waals surface area contributed by atoms with E-state index in [4.69, 9.17) is 21.9 Å². The van der Waals surface area contributed by atoms with Gasteiger partial charge in [-0.15, -0.1) is 0 Å². The van der Waals surface area contributed by atoms with Crippen LogP contribution < -0.4 is 15.0 Å². The first-order chi connectivity index (χ1) is 19.0. The lowest BCUT2D eigenvalue weighted by Gasteiger charge is -2.28. The lowest BCUT2D eigenvalue weighted by atomic mass is 9.96. The summed E-state index contributed by atoms with van der Waals surface area (Å²) in [5.74, 6) is 0.927. The summed E-state index contributed by atoms with van der Waals surface area (Å²) in [6, 6.07) is 25.4. The zero-order chi connectivity index (χ0) is 26.9. The molecule has 6 rings (SSSR count). The van der Waals surface area contributed by atoms with Crippen molar-refractivity contribution in [1.29, 1.82) is 0 Å². The third-order valence-corrected chi connectivity index (χ3v) is 8.53. The Morgan fingerprint density at radius 1 is 0.974 bits per heavy atom. The number of benzene rings is 2. The number of pyridine rings is 1. The third kappa shape index (κ3) is 4.82. The van der Waals surface area contributed by atoms with E-state index in [1.807, 2.05) is 18.3 Å². The summed E-state index contributed by atoms with van der Waals surface area (Å²) in [7, 11) is 0. The van der Waals surface area contributed by atoms with Crippen molar-refractivity contribution >= 4 is 23.0 Å². The Hall–Kier alpha value is -3.64. The van der Waals surface area contributed by atoms with Crippen LogP contribution in [0.3, 0.4) is 0 Å². The fourth-order valence-corrected chi connectivity index (χ4v) is 6.66. The van der Waals surface area contributed by atoms with Crippen LogP contribution >= 0.6 is 12.2 Å². The van der Waals surface area contributed by atoms with Gasteiger partial charge in [0.15, 0.2) is 5.11 Å². The van der Waals surface area contributed by atoms with Crippen LogP contribution in [0.4, 0.5) is 5.69 Å². The number of thiocarbonyl (C=S) groups is 1. The van der Waals surface area contributed by atoms with Crippen LogP contribution in [-0.4, -0.2) is 20.8 Å². The monoisotopic (exact) mass is 536 g/mol. The lowest BCUT2D eigenvalue weighted by molar-refractivity contribution is 0.210. The molecule has 3 heterocycles. The number of hydrogen-bond acceptors (Lipinski definition) is 3. The zero-order valence-electron chi connectivity index (χ0n) is 22.9. The molecule has 1 saturated heterocycles. The fraction of sp³-hybridized carbons (Fsp3) is 0.333. The highest BCUT2D eigenvalue weighted by Gasteiger charge is 2.42. The molecule has 200 valence electrons. The number of nitrogens with one attached hydrogen (secondary N) is 1. The number of nitrogens with zero attached hydrogens (tertiary/aromatic N) is 3. The second kappa shape index (κ2) is 10.9. The molecule has 1 aliphatic heterocycles. The van der Waals surface area contributed by atoms with Gasteiger partial charge in [0, 0.05) is 29.0 Å². The Balaban J connectivity index is 1.42. The van der Waals surface area contributed by atoms with Gasteiger partial charge >= 0.3 is 0 Å². The van der Waals surface area contributed by atoms with Crippen molar-refractivity contribution < 1.29 is 4.74 Å². The molecule has 6 heteroatoms. The van der Waals surface area contributed by atoms with Gasteiger partial charge < -0.3 is 19.5 Å². The quantitative estimate of drug-likeness (QED) is 0.247. The molecule has 1 aliphatic carbocycles. The Morgan fingerprint density at radius 3 is 2.44 bits per heavy atom. The predicted molar refractivity (Wildman–Crippen MR) is 162 cm³/mol. The van der Waals surface area contributed by atoms with E-state index in [9.17, 15) is 0 Å². The molecule has 0 radical (unpaired) electrons. The van der Waals surface area contributed by atoms with Gasteiger partial charge in [0.05, 0.1) is 23.9 Å². The van der Waals surface area contributed by atoms with Crippen LogP contribution in [0.1, 0.15) is 72.9 Å². The van der Waals surface area contributed by atoms with Crippen molar-refractivity contribution in [3.63, 3.8) is 0 Å². The van der Waals surface area contributed by atoms with E-state index < -0.39 is 0 Å². The molecule has 2 aromatic heterocycles. The number of ether oxygens (including phenoxy) is 1. The summed E-state index contributed by atoms with van der Waals surface area (Å²) in [5.41, 5.74) is 8.28. The van der Waals surface area contributed by atoms with E-state index in [1.165, 1.54) is 41.0 Å². The summed E-state index contributed by atoms with van der Waals surface area (Å²) in [4.78, 5) is 7.00. The van der Waals surface area contributed by atoms with E-state index in [-0.39, 0.29) is 12.1 Å². The van der Waals surface area contributed by atoms with Crippen LogP contribution in [0.15, 0.2) is 79.0 Å². The molecule has 39 heavy (non-hydrogen) atoms. The molecule has 4 aromatic rings. The highest BCUT2D eigenvalue weighted by Crippen LogP contribution is 2.44. The van der Waals surface area contributed by atoms with Gasteiger partial charge in [-0.25, -0.2) is 0 Å². The first-order valence-corrected chi connectivity index (χ1v) is 14.5. The Kier molecular flexibility index (Phi) is 7.13. The number of para-hydroxylation sites is 1. The number of anilines is 1. The van der Waals surface area contributed by atoms with Gasteiger partial charge in [-0.05, 0) is 118 Å². The summed E-state index contributed by atoms with van der Waals surface area (Å²) in [6.07, 6.45) is 7.98. The maximum absolute atomic E-state index is 6.25. The molecule has 0 bridgehead atoms. The first kappa shape index (κ1) is 25.6. The normalized spacial score (nSPS) is 19.5. The minimum absolute atomic E-state index is 0.0530. The SMILES string of the molecule is CCc1ccccc1-n1c(C)cc([C@@H]2[C@H](c3ccccn3)NC(=S)N2c2ccc(OC3CCCC3)cc2)c1C. The number of rotatable bonds is 7. The Labute approximate surface area is 236 Å². The lowest BCUT2D eigenvalue weighted by Crippen LogP contribution is -2.29. The van der Waals surface area contributed by atoms with Crippen LogP contribution in [0, 0.1) is 13.8 Å². The number of hydrogen-bond donors (Lipinski definition) is 1. The van der Waals surface area contributed by atoms with Gasteiger partial charge in [-0.2, -0.15) is 0 Å². The van der Waals surface area contributed by atoms with Crippen LogP contribution in [0.25, 0.3) is 5.69 Å².